The van der Waals surface area contributed by atoms with E-state index in [0.717, 1.165) is 18.8 Å². The lowest BCUT2D eigenvalue weighted by molar-refractivity contribution is 0.317. The van der Waals surface area contributed by atoms with Crippen LogP contribution in [0.1, 0.15) is 37.3 Å². The minimum absolute atomic E-state index is 0.339. The number of benzene rings is 1. The van der Waals surface area contributed by atoms with Crippen LogP contribution in [0.3, 0.4) is 0 Å². The van der Waals surface area contributed by atoms with E-state index in [1.165, 1.54) is 11.1 Å². The van der Waals surface area contributed by atoms with Gasteiger partial charge in [-0.2, -0.15) is 0 Å². The second kappa shape index (κ2) is 7.39. The molecule has 0 saturated carbocycles. The Hall–Kier alpha value is -1.06. The molecule has 1 unspecified atom stereocenters. The van der Waals surface area contributed by atoms with E-state index in [2.05, 4.69) is 32.9 Å². The Balaban J connectivity index is 2.84. The standard InChI is InChI=1S/C15H26N2O/c1-4-7-18-14-5-6-15(11(2)8-14)12(3)13(9-16)10-17/h5-6,8,12-13H,4,7,9-10,16-17H2,1-3H3. The van der Waals surface area contributed by atoms with Crippen LogP contribution in [0.25, 0.3) is 0 Å². The van der Waals surface area contributed by atoms with E-state index < -0.39 is 0 Å². The summed E-state index contributed by atoms with van der Waals surface area (Å²) in [6, 6.07) is 6.29. The maximum Gasteiger partial charge on any atom is 0.119 e. The highest BCUT2D eigenvalue weighted by molar-refractivity contribution is 5.37. The topological polar surface area (TPSA) is 61.3 Å². The normalized spacial score (nSPS) is 12.8. The predicted molar refractivity (Wildman–Crippen MR) is 77.0 cm³/mol. The van der Waals surface area contributed by atoms with Crippen molar-refractivity contribution >= 4 is 0 Å². The average Bonchev–Trinajstić information content (AvgIpc) is 2.37. The van der Waals surface area contributed by atoms with E-state index in [-0.39, 0.29) is 0 Å². The summed E-state index contributed by atoms with van der Waals surface area (Å²) in [5.74, 6) is 1.67. The van der Waals surface area contributed by atoms with Crippen LogP contribution in [-0.2, 0) is 0 Å². The number of rotatable bonds is 7. The molecule has 102 valence electrons. The van der Waals surface area contributed by atoms with Crippen molar-refractivity contribution in [2.24, 2.45) is 17.4 Å². The van der Waals surface area contributed by atoms with Crippen LogP contribution in [0.4, 0.5) is 0 Å². The summed E-state index contributed by atoms with van der Waals surface area (Å²) in [4.78, 5) is 0. The van der Waals surface area contributed by atoms with Gasteiger partial charge < -0.3 is 16.2 Å². The minimum atomic E-state index is 0.339. The van der Waals surface area contributed by atoms with Crippen LogP contribution < -0.4 is 16.2 Å². The SMILES string of the molecule is CCCOc1ccc(C(C)C(CN)CN)c(C)c1. The molecule has 0 fully saturated rings. The molecule has 0 amide bonds. The summed E-state index contributed by atoms with van der Waals surface area (Å²) in [6.45, 7) is 8.45. The number of aryl methyl sites for hydroxylation is 1. The van der Waals surface area contributed by atoms with Crippen molar-refractivity contribution in [2.75, 3.05) is 19.7 Å². The van der Waals surface area contributed by atoms with E-state index in [9.17, 15) is 0 Å². The Morgan fingerprint density at radius 3 is 2.39 bits per heavy atom. The lowest BCUT2D eigenvalue weighted by Gasteiger charge is -2.23. The lowest BCUT2D eigenvalue weighted by atomic mass is 9.85. The van der Waals surface area contributed by atoms with Crippen molar-refractivity contribution in [1.82, 2.24) is 0 Å². The largest absolute Gasteiger partial charge is 0.494 e. The molecule has 0 aromatic heterocycles. The summed E-state index contributed by atoms with van der Waals surface area (Å²) < 4.78 is 5.63. The summed E-state index contributed by atoms with van der Waals surface area (Å²) in [6.07, 6.45) is 1.03. The Labute approximate surface area is 111 Å². The minimum Gasteiger partial charge on any atom is -0.494 e. The van der Waals surface area contributed by atoms with Gasteiger partial charge in [0.15, 0.2) is 0 Å². The second-order valence-electron chi connectivity index (χ2n) is 4.89. The fourth-order valence-corrected chi connectivity index (χ4v) is 2.23. The molecule has 0 radical (unpaired) electrons. The molecule has 1 aromatic carbocycles. The molecule has 3 nitrogen and oxygen atoms in total. The fourth-order valence-electron chi connectivity index (χ4n) is 2.23. The highest BCUT2D eigenvalue weighted by Gasteiger charge is 2.18. The first-order valence-corrected chi connectivity index (χ1v) is 6.77. The molecule has 3 heteroatoms. The molecule has 0 saturated heterocycles. The molecular formula is C15H26N2O. The lowest BCUT2D eigenvalue weighted by Crippen LogP contribution is -2.28. The third-order valence-electron chi connectivity index (χ3n) is 3.52. The van der Waals surface area contributed by atoms with Gasteiger partial charge in [0.25, 0.3) is 0 Å². The zero-order valence-corrected chi connectivity index (χ0v) is 11.8. The second-order valence-corrected chi connectivity index (χ2v) is 4.89. The number of nitrogens with two attached hydrogens (primary N) is 2. The quantitative estimate of drug-likeness (QED) is 0.781. The Bertz CT molecular complexity index is 362. The average molecular weight is 250 g/mol. The van der Waals surface area contributed by atoms with E-state index in [0.29, 0.717) is 24.9 Å². The van der Waals surface area contributed by atoms with Crippen LogP contribution in [0, 0.1) is 12.8 Å². The smallest absolute Gasteiger partial charge is 0.119 e. The van der Waals surface area contributed by atoms with E-state index in [4.69, 9.17) is 16.2 Å². The van der Waals surface area contributed by atoms with Gasteiger partial charge in [0.1, 0.15) is 5.75 Å². The van der Waals surface area contributed by atoms with Gasteiger partial charge in [-0.15, -0.1) is 0 Å². The van der Waals surface area contributed by atoms with Gasteiger partial charge in [0.05, 0.1) is 6.61 Å². The third kappa shape index (κ3) is 3.72. The first kappa shape index (κ1) is 15.0. The molecule has 0 aliphatic heterocycles. The highest BCUT2D eigenvalue weighted by atomic mass is 16.5. The van der Waals surface area contributed by atoms with E-state index in [1.54, 1.807) is 0 Å². The van der Waals surface area contributed by atoms with Crippen molar-refractivity contribution in [1.29, 1.82) is 0 Å². The van der Waals surface area contributed by atoms with Gasteiger partial charge in [-0.05, 0) is 61.5 Å². The molecule has 1 rings (SSSR count). The van der Waals surface area contributed by atoms with Crippen LogP contribution in [-0.4, -0.2) is 19.7 Å². The van der Waals surface area contributed by atoms with Gasteiger partial charge in [-0.1, -0.05) is 19.9 Å². The number of hydrogen-bond acceptors (Lipinski definition) is 3. The van der Waals surface area contributed by atoms with E-state index in [1.807, 2.05) is 6.07 Å². The molecule has 0 spiro atoms. The number of hydrogen-bond donors (Lipinski definition) is 2. The van der Waals surface area contributed by atoms with Crippen molar-refractivity contribution in [2.45, 2.75) is 33.1 Å². The molecular weight excluding hydrogens is 224 g/mol. The van der Waals surface area contributed by atoms with Gasteiger partial charge in [-0.3, -0.25) is 0 Å². The Morgan fingerprint density at radius 1 is 1.22 bits per heavy atom. The summed E-state index contributed by atoms with van der Waals surface area (Å²) >= 11 is 0. The molecule has 0 aliphatic rings. The maximum absolute atomic E-state index is 5.76. The zero-order valence-electron chi connectivity index (χ0n) is 11.8. The Kier molecular flexibility index (Phi) is 6.16. The van der Waals surface area contributed by atoms with Crippen molar-refractivity contribution < 1.29 is 4.74 Å². The van der Waals surface area contributed by atoms with Gasteiger partial charge >= 0.3 is 0 Å². The van der Waals surface area contributed by atoms with Crippen LogP contribution in [0.15, 0.2) is 18.2 Å². The molecule has 18 heavy (non-hydrogen) atoms. The molecule has 0 heterocycles. The monoisotopic (exact) mass is 250 g/mol. The van der Waals surface area contributed by atoms with Crippen LogP contribution >= 0.6 is 0 Å². The number of ether oxygens (including phenoxy) is 1. The molecule has 1 aromatic rings. The van der Waals surface area contributed by atoms with Crippen molar-refractivity contribution in [3.8, 4) is 5.75 Å². The third-order valence-corrected chi connectivity index (χ3v) is 3.52. The zero-order chi connectivity index (χ0) is 13.5. The summed E-state index contributed by atoms with van der Waals surface area (Å²) in [5, 5.41) is 0. The molecule has 4 N–H and O–H groups in total. The first-order valence-electron chi connectivity index (χ1n) is 6.77. The molecule has 0 bridgehead atoms. The highest BCUT2D eigenvalue weighted by Crippen LogP contribution is 2.28. The maximum atomic E-state index is 5.76. The Morgan fingerprint density at radius 2 is 1.89 bits per heavy atom. The van der Waals surface area contributed by atoms with Gasteiger partial charge in [0.2, 0.25) is 0 Å². The van der Waals surface area contributed by atoms with Gasteiger partial charge in [-0.25, -0.2) is 0 Å². The first-order chi connectivity index (χ1) is 8.63. The fraction of sp³-hybridized carbons (Fsp3) is 0.600. The predicted octanol–water partition coefficient (Wildman–Crippen LogP) is 2.42. The van der Waals surface area contributed by atoms with Crippen molar-refractivity contribution in [3.63, 3.8) is 0 Å². The summed E-state index contributed by atoms with van der Waals surface area (Å²) in [5.41, 5.74) is 14.1. The molecule has 1 atom stereocenters. The van der Waals surface area contributed by atoms with E-state index >= 15 is 0 Å². The van der Waals surface area contributed by atoms with Crippen LogP contribution in [0.2, 0.25) is 0 Å². The summed E-state index contributed by atoms with van der Waals surface area (Å²) in [7, 11) is 0. The van der Waals surface area contributed by atoms with Crippen LogP contribution in [0.5, 0.6) is 5.75 Å². The van der Waals surface area contributed by atoms with Gasteiger partial charge in [0, 0.05) is 0 Å². The van der Waals surface area contributed by atoms with Crippen molar-refractivity contribution in [3.05, 3.63) is 29.3 Å². The molecule has 0 aliphatic carbocycles.